The van der Waals surface area contributed by atoms with Gasteiger partial charge in [-0.3, -0.25) is 9.69 Å². The number of carbonyl (C=O) groups is 1. The molecule has 0 saturated heterocycles. The first-order valence-corrected chi connectivity index (χ1v) is 6.04. The highest BCUT2D eigenvalue weighted by atomic mass is 16.5. The summed E-state index contributed by atoms with van der Waals surface area (Å²) in [4.78, 5) is 13.8. The molecule has 0 bridgehead atoms. The molecule has 1 aromatic carbocycles. The summed E-state index contributed by atoms with van der Waals surface area (Å²) in [7, 11) is 1.95. The van der Waals surface area contributed by atoms with Crippen molar-refractivity contribution in [2.24, 2.45) is 0 Å². The lowest BCUT2D eigenvalue weighted by molar-refractivity contribution is -0.119. The molecule has 1 aromatic rings. The van der Waals surface area contributed by atoms with Crippen molar-refractivity contribution < 1.29 is 9.53 Å². The number of benzene rings is 1. The van der Waals surface area contributed by atoms with Crippen LogP contribution in [0.4, 0.5) is 0 Å². The Balaban J connectivity index is 2.25. The molecule has 0 amide bonds. The molecule has 0 unspecified atom stereocenters. The third-order valence-corrected chi connectivity index (χ3v) is 2.51. The fourth-order valence-electron chi connectivity index (χ4n) is 1.62. The van der Waals surface area contributed by atoms with Crippen LogP contribution in [-0.4, -0.2) is 44.0 Å². The SMILES string of the molecule is CCOCCN(C)CC(=O)Cc1ccccc1. The van der Waals surface area contributed by atoms with Crippen molar-refractivity contribution in [3.8, 4) is 0 Å². The van der Waals surface area contributed by atoms with Gasteiger partial charge in [0.2, 0.25) is 0 Å². The standard InChI is InChI=1S/C14H21NO2/c1-3-17-10-9-15(2)12-14(16)11-13-7-5-4-6-8-13/h4-8H,3,9-12H2,1-2H3. The van der Waals surface area contributed by atoms with Crippen LogP contribution < -0.4 is 0 Å². The number of likely N-dealkylation sites (N-methyl/N-ethyl adjacent to an activating group) is 1. The Morgan fingerprint density at radius 1 is 1.29 bits per heavy atom. The van der Waals surface area contributed by atoms with Crippen LogP contribution >= 0.6 is 0 Å². The number of rotatable bonds is 8. The second-order valence-electron chi connectivity index (χ2n) is 4.14. The van der Waals surface area contributed by atoms with Crippen molar-refractivity contribution in [2.75, 3.05) is 33.4 Å². The van der Waals surface area contributed by atoms with E-state index in [4.69, 9.17) is 4.74 Å². The van der Waals surface area contributed by atoms with Crippen molar-refractivity contribution >= 4 is 5.78 Å². The Morgan fingerprint density at radius 2 is 2.00 bits per heavy atom. The summed E-state index contributed by atoms with van der Waals surface area (Å²) >= 11 is 0. The molecule has 0 aromatic heterocycles. The smallest absolute Gasteiger partial charge is 0.151 e. The van der Waals surface area contributed by atoms with E-state index in [0.29, 0.717) is 19.6 Å². The van der Waals surface area contributed by atoms with Gasteiger partial charge in [-0.15, -0.1) is 0 Å². The van der Waals surface area contributed by atoms with E-state index in [9.17, 15) is 4.79 Å². The minimum atomic E-state index is 0.246. The van der Waals surface area contributed by atoms with Crippen LogP contribution in [0.3, 0.4) is 0 Å². The third-order valence-electron chi connectivity index (χ3n) is 2.51. The molecule has 0 aliphatic carbocycles. The third kappa shape index (κ3) is 6.19. The molecular formula is C14H21NO2. The summed E-state index contributed by atoms with van der Waals surface area (Å²) in [5.41, 5.74) is 1.08. The fourth-order valence-corrected chi connectivity index (χ4v) is 1.62. The molecule has 0 heterocycles. The van der Waals surface area contributed by atoms with Crippen molar-refractivity contribution in [2.45, 2.75) is 13.3 Å². The van der Waals surface area contributed by atoms with E-state index in [1.54, 1.807) is 0 Å². The van der Waals surface area contributed by atoms with Gasteiger partial charge in [0.05, 0.1) is 13.2 Å². The summed E-state index contributed by atoms with van der Waals surface area (Å²) in [6.07, 6.45) is 0.514. The quantitative estimate of drug-likeness (QED) is 0.643. The molecule has 0 spiro atoms. The number of hydrogen-bond acceptors (Lipinski definition) is 3. The van der Waals surface area contributed by atoms with Crippen LogP contribution in [0.5, 0.6) is 0 Å². The van der Waals surface area contributed by atoms with Gasteiger partial charge < -0.3 is 4.74 Å². The Bertz CT molecular complexity index is 324. The molecule has 3 heteroatoms. The van der Waals surface area contributed by atoms with Gasteiger partial charge >= 0.3 is 0 Å². The van der Waals surface area contributed by atoms with E-state index in [1.807, 2.05) is 49.2 Å². The zero-order valence-electron chi connectivity index (χ0n) is 10.7. The first-order chi connectivity index (χ1) is 8.22. The summed E-state index contributed by atoms with van der Waals surface area (Å²) < 4.78 is 5.25. The molecule has 17 heavy (non-hydrogen) atoms. The maximum absolute atomic E-state index is 11.8. The van der Waals surface area contributed by atoms with E-state index in [-0.39, 0.29) is 5.78 Å². The maximum Gasteiger partial charge on any atom is 0.151 e. The summed E-state index contributed by atoms with van der Waals surface area (Å²) in [5, 5.41) is 0. The Hall–Kier alpha value is -1.19. The Morgan fingerprint density at radius 3 is 2.65 bits per heavy atom. The summed E-state index contributed by atoms with van der Waals surface area (Å²) in [6.45, 7) is 4.67. The number of ether oxygens (including phenoxy) is 1. The molecule has 0 radical (unpaired) electrons. The molecule has 0 atom stereocenters. The minimum absolute atomic E-state index is 0.246. The number of nitrogens with zero attached hydrogens (tertiary/aromatic N) is 1. The van der Waals surface area contributed by atoms with E-state index < -0.39 is 0 Å². The molecular weight excluding hydrogens is 214 g/mol. The van der Waals surface area contributed by atoms with Crippen LogP contribution in [0, 0.1) is 0 Å². The van der Waals surface area contributed by atoms with Gasteiger partial charge in [0, 0.05) is 19.6 Å². The highest BCUT2D eigenvalue weighted by Crippen LogP contribution is 2.00. The number of Topliss-reactive ketones (excluding diaryl/α,β-unsaturated/α-hetero) is 1. The lowest BCUT2D eigenvalue weighted by Crippen LogP contribution is -2.30. The van der Waals surface area contributed by atoms with E-state index in [1.165, 1.54) is 0 Å². The molecule has 0 aliphatic heterocycles. The average Bonchev–Trinajstić information content (AvgIpc) is 2.30. The highest BCUT2D eigenvalue weighted by Gasteiger charge is 2.07. The van der Waals surface area contributed by atoms with Gasteiger partial charge in [-0.2, -0.15) is 0 Å². The lowest BCUT2D eigenvalue weighted by atomic mass is 10.1. The molecule has 0 saturated carbocycles. The van der Waals surface area contributed by atoms with Gasteiger partial charge in [0.15, 0.2) is 5.78 Å². The normalized spacial score (nSPS) is 10.8. The second-order valence-corrected chi connectivity index (χ2v) is 4.14. The van der Waals surface area contributed by atoms with Gasteiger partial charge in [-0.25, -0.2) is 0 Å². The van der Waals surface area contributed by atoms with Crippen molar-refractivity contribution in [1.82, 2.24) is 4.90 Å². The molecule has 1 rings (SSSR count). The largest absolute Gasteiger partial charge is 0.380 e. The van der Waals surface area contributed by atoms with Crippen molar-refractivity contribution in [1.29, 1.82) is 0 Å². The minimum Gasteiger partial charge on any atom is -0.380 e. The predicted octanol–water partition coefficient (Wildman–Crippen LogP) is 1.77. The van der Waals surface area contributed by atoms with Gasteiger partial charge in [0.1, 0.15) is 0 Å². The summed E-state index contributed by atoms with van der Waals surface area (Å²) in [5.74, 6) is 0.246. The Kier molecular flexibility index (Phi) is 6.51. The zero-order valence-corrected chi connectivity index (χ0v) is 10.7. The van der Waals surface area contributed by atoms with Crippen molar-refractivity contribution in [3.63, 3.8) is 0 Å². The van der Waals surface area contributed by atoms with Gasteiger partial charge in [0.25, 0.3) is 0 Å². The maximum atomic E-state index is 11.8. The van der Waals surface area contributed by atoms with Crippen LogP contribution in [0.25, 0.3) is 0 Å². The first kappa shape index (κ1) is 13.9. The monoisotopic (exact) mass is 235 g/mol. The van der Waals surface area contributed by atoms with E-state index >= 15 is 0 Å². The molecule has 3 nitrogen and oxygen atoms in total. The number of ketones is 1. The first-order valence-electron chi connectivity index (χ1n) is 6.04. The molecule has 94 valence electrons. The van der Waals surface area contributed by atoms with Crippen molar-refractivity contribution in [3.05, 3.63) is 35.9 Å². The van der Waals surface area contributed by atoms with Crippen LogP contribution in [0.2, 0.25) is 0 Å². The summed E-state index contributed by atoms with van der Waals surface area (Å²) in [6, 6.07) is 9.85. The number of hydrogen-bond donors (Lipinski definition) is 0. The Labute approximate surface area is 103 Å². The average molecular weight is 235 g/mol. The fraction of sp³-hybridized carbons (Fsp3) is 0.500. The van der Waals surface area contributed by atoms with Crippen LogP contribution in [0.1, 0.15) is 12.5 Å². The molecule has 0 aliphatic rings. The second kappa shape index (κ2) is 7.98. The van der Waals surface area contributed by atoms with Gasteiger partial charge in [-0.1, -0.05) is 30.3 Å². The topological polar surface area (TPSA) is 29.5 Å². The lowest BCUT2D eigenvalue weighted by Gasteiger charge is -2.15. The number of carbonyl (C=O) groups excluding carboxylic acids is 1. The van der Waals surface area contributed by atoms with E-state index in [2.05, 4.69) is 0 Å². The van der Waals surface area contributed by atoms with Crippen LogP contribution in [-0.2, 0) is 16.0 Å². The van der Waals surface area contributed by atoms with E-state index in [0.717, 1.165) is 18.7 Å². The molecule has 0 fully saturated rings. The predicted molar refractivity (Wildman–Crippen MR) is 69.1 cm³/mol. The molecule has 0 N–H and O–H groups in total. The van der Waals surface area contributed by atoms with Gasteiger partial charge in [-0.05, 0) is 19.5 Å². The zero-order chi connectivity index (χ0) is 12.5. The highest BCUT2D eigenvalue weighted by molar-refractivity contribution is 5.82. The van der Waals surface area contributed by atoms with Crippen LogP contribution in [0.15, 0.2) is 30.3 Å².